The van der Waals surface area contributed by atoms with Gasteiger partial charge in [0.1, 0.15) is 5.01 Å². The first-order valence-electron chi connectivity index (χ1n) is 8.60. The molecule has 2 aliphatic rings. The maximum atomic E-state index is 5.92. The Bertz CT molecular complexity index is 566. The molecule has 1 aromatic rings. The molecule has 0 radical (unpaired) electrons. The molecular weight excluding hydrogens is 435 g/mol. The van der Waals surface area contributed by atoms with E-state index in [4.69, 9.17) is 4.74 Å². The number of thiazole rings is 1. The molecule has 2 fully saturated rings. The molecular formula is C17H29IN4OS. The van der Waals surface area contributed by atoms with Crippen LogP contribution in [0.15, 0.2) is 4.99 Å². The second-order valence-electron chi connectivity index (χ2n) is 6.64. The molecule has 2 saturated carbocycles. The Morgan fingerprint density at radius 2 is 2.17 bits per heavy atom. The number of guanidine groups is 1. The van der Waals surface area contributed by atoms with Crippen molar-refractivity contribution in [3.63, 3.8) is 0 Å². The van der Waals surface area contributed by atoms with E-state index in [1.807, 2.05) is 7.05 Å². The number of hydrogen-bond donors (Lipinski definition) is 2. The summed E-state index contributed by atoms with van der Waals surface area (Å²) in [7, 11) is 1.83. The fourth-order valence-corrected chi connectivity index (χ4v) is 4.65. The molecule has 0 aliphatic heterocycles. The summed E-state index contributed by atoms with van der Waals surface area (Å²) in [5, 5.41) is 8.13. The summed E-state index contributed by atoms with van der Waals surface area (Å²) < 4.78 is 5.92. The van der Waals surface area contributed by atoms with Gasteiger partial charge in [-0.3, -0.25) is 4.99 Å². The van der Waals surface area contributed by atoms with Crippen LogP contribution in [0.25, 0.3) is 0 Å². The first kappa shape index (κ1) is 19.9. The minimum absolute atomic E-state index is 0. The highest BCUT2D eigenvalue weighted by Gasteiger charge is 2.59. The van der Waals surface area contributed by atoms with Gasteiger partial charge in [0, 0.05) is 30.0 Å². The monoisotopic (exact) mass is 464 g/mol. The molecule has 2 N–H and O–H groups in total. The number of hydrogen-bond acceptors (Lipinski definition) is 4. The van der Waals surface area contributed by atoms with E-state index >= 15 is 0 Å². The maximum absolute atomic E-state index is 5.92. The topological polar surface area (TPSA) is 58.5 Å². The van der Waals surface area contributed by atoms with E-state index < -0.39 is 0 Å². The summed E-state index contributed by atoms with van der Waals surface area (Å²) in [6, 6.07) is 0.485. The van der Waals surface area contributed by atoms with Crippen LogP contribution in [0, 0.1) is 19.3 Å². The predicted molar refractivity (Wildman–Crippen MR) is 110 cm³/mol. The number of nitrogens with zero attached hydrogens (tertiary/aromatic N) is 2. The quantitative estimate of drug-likeness (QED) is 0.399. The predicted octanol–water partition coefficient (Wildman–Crippen LogP) is 3.39. The Kier molecular flexibility index (Phi) is 6.90. The molecule has 1 heterocycles. The van der Waals surface area contributed by atoms with E-state index in [1.54, 1.807) is 11.3 Å². The average molecular weight is 464 g/mol. The summed E-state index contributed by atoms with van der Waals surface area (Å²) >= 11 is 1.75. The van der Waals surface area contributed by atoms with Gasteiger partial charge in [0.2, 0.25) is 0 Å². The van der Waals surface area contributed by atoms with E-state index in [0.29, 0.717) is 17.6 Å². The number of aromatic nitrogens is 1. The lowest BCUT2D eigenvalue weighted by Crippen LogP contribution is -2.68. The van der Waals surface area contributed by atoms with Crippen LogP contribution in [-0.2, 0) is 11.3 Å². The second kappa shape index (κ2) is 8.31. The molecule has 0 saturated heterocycles. The molecule has 2 aliphatic carbocycles. The summed E-state index contributed by atoms with van der Waals surface area (Å²) in [6.07, 6.45) is 5.39. The van der Waals surface area contributed by atoms with Crippen LogP contribution in [0.2, 0.25) is 0 Å². The summed E-state index contributed by atoms with van der Waals surface area (Å²) in [6.45, 7) is 7.81. The standard InChI is InChI=1S/C17H28N4OS.HI/c1-5-22-14-9-13(17(14)7-6-8-17)21-16(18-4)19-10-15-20-11(2)12(3)23-15;/h13-14H,5-10H2,1-4H3,(H2,18,19,21);1H. The zero-order valence-electron chi connectivity index (χ0n) is 15.0. The Morgan fingerprint density at radius 1 is 1.42 bits per heavy atom. The van der Waals surface area contributed by atoms with Crippen LogP contribution in [0.4, 0.5) is 0 Å². The SMILES string of the molecule is CCOC1CC(NC(=NC)NCc2nc(C)c(C)s2)C12CCC2.I. The fourth-order valence-electron chi connectivity index (χ4n) is 3.77. The van der Waals surface area contributed by atoms with Crippen molar-refractivity contribution in [3.8, 4) is 0 Å². The van der Waals surface area contributed by atoms with Gasteiger partial charge in [-0.05, 0) is 40.0 Å². The van der Waals surface area contributed by atoms with Crippen LogP contribution < -0.4 is 10.6 Å². The van der Waals surface area contributed by atoms with Gasteiger partial charge in [0.25, 0.3) is 0 Å². The second-order valence-corrected chi connectivity index (χ2v) is 7.93. The number of aryl methyl sites for hydroxylation is 2. The van der Waals surface area contributed by atoms with Crippen molar-refractivity contribution in [2.24, 2.45) is 10.4 Å². The minimum atomic E-state index is 0. The Morgan fingerprint density at radius 3 is 2.67 bits per heavy atom. The van der Waals surface area contributed by atoms with Crippen molar-refractivity contribution in [3.05, 3.63) is 15.6 Å². The van der Waals surface area contributed by atoms with Crippen LogP contribution in [0.1, 0.15) is 48.2 Å². The van der Waals surface area contributed by atoms with Gasteiger partial charge in [-0.1, -0.05) is 6.42 Å². The van der Waals surface area contributed by atoms with Gasteiger partial charge < -0.3 is 15.4 Å². The fraction of sp³-hybridized carbons (Fsp3) is 0.765. The van der Waals surface area contributed by atoms with Gasteiger partial charge in [-0.15, -0.1) is 35.3 Å². The first-order valence-corrected chi connectivity index (χ1v) is 9.42. The zero-order valence-corrected chi connectivity index (χ0v) is 18.2. The minimum Gasteiger partial charge on any atom is -0.378 e. The van der Waals surface area contributed by atoms with Gasteiger partial charge in [-0.25, -0.2) is 4.98 Å². The number of rotatable bonds is 5. The van der Waals surface area contributed by atoms with Gasteiger partial charge in [-0.2, -0.15) is 0 Å². The Balaban J connectivity index is 0.00000208. The zero-order chi connectivity index (χ0) is 16.4. The van der Waals surface area contributed by atoms with Crippen LogP contribution in [0.5, 0.6) is 0 Å². The maximum Gasteiger partial charge on any atom is 0.191 e. The molecule has 136 valence electrons. The molecule has 2 atom stereocenters. The van der Waals surface area contributed by atoms with E-state index in [1.165, 1.54) is 24.1 Å². The van der Waals surface area contributed by atoms with E-state index in [9.17, 15) is 0 Å². The van der Waals surface area contributed by atoms with Crippen molar-refractivity contribution in [1.82, 2.24) is 15.6 Å². The van der Waals surface area contributed by atoms with Crippen molar-refractivity contribution < 1.29 is 4.74 Å². The van der Waals surface area contributed by atoms with Crippen LogP contribution in [0.3, 0.4) is 0 Å². The third-order valence-electron chi connectivity index (χ3n) is 5.45. The van der Waals surface area contributed by atoms with E-state index in [2.05, 4.69) is 41.4 Å². The Labute approximate surface area is 166 Å². The van der Waals surface area contributed by atoms with Gasteiger partial charge in [0.05, 0.1) is 18.3 Å². The molecule has 0 aromatic carbocycles. The van der Waals surface area contributed by atoms with Crippen molar-refractivity contribution in [2.75, 3.05) is 13.7 Å². The highest BCUT2D eigenvalue weighted by molar-refractivity contribution is 14.0. The lowest BCUT2D eigenvalue weighted by Gasteiger charge is -2.61. The summed E-state index contributed by atoms with van der Waals surface area (Å²) in [5.74, 6) is 0.877. The summed E-state index contributed by atoms with van der Waals surface area (Å²) in [4.78, 5) is 10.2. The van der Waals surface area contributed by atoms with Gasteiger partial charge >= 0.3 is 0 Å². The van der Waals surface area contributed by atoms with Crippen molar-refractivity contribution >= 4 is 41.3 Å². The number of nitrogens with one attached hydrogen (secondary N) is 2. The molecule has 2 unspecified atom stereocenters. The molecule has 7 heteroatoms. The molecule has 5 nitrogen and oxygen atoms in total. The summed E-state index contributed by atoms with van der Waals surface area (Å²) in [5.41, 5.74) is 1.48. The van der Waals surface area contributed by atoms with E-state index in [0.717, 1.165) is 36.2 Å². The smallest absolute Gasteiger partial charge is 0.191 e. The largest absolute Gasteiger partial charge is 0.378 e. The lowest BCUT2D eigenvalue weighted by molar-refractivity contribution is -0.168. The van der Waals surface area contributed by atoms with E-state index in [-0.39, 0.29) is 24.0 Å². The third kappa shape index (κ3) is 3.72. The number of ether oxygens (including phenoxy) is 1. The Hall–Kier alpha value is -0.410. The molecule has 1 spiro atoms. The molecule has 3 rings (SSSR count). The highest BCUT2D eigenvalue weighted by atomic mass is 127. The van der Waals surface area contributed by atoms with Crippen molar-refractivity contribution in [1.29, 1.82) is 0 Å². The average Bonchev–Trinajstić information content (AvgIpc) is 2.78. The van der Waals surface area contributed by atoms with Crippen molar-refractivity contribution in [2.45, 2.75) is 65.1 Å². The first-order chi connectivity index (χ1) is 11.1. The lowest BCUT2D eigenvalue weighted by atomic mass is 9.51. The highest BCUT2D eigenvalue weighted by Crippen LogP contribution is 2.57. The number of aliphatic imine (C=N–C) groups is 1. The van der Waals surface area contributed by atoms with Gasteiger partial charge in [0.15, 0.2) is 5.96 Å². The van der Waals surface area contributed by atoms with Crippen LogP contribution in [-0.4, -0.2) is 36.7 Å². The normalized spacial score (nSPS) is 24.8. The third-order valence-corrected chi connectivity index (χ3v) is 6.52. The molecule has 0 amide bonds. The molecule has 1 aromatic heterocycles. The molecule has 24 heavy (non-hydrogen) atoms. The molecule has 0 bridgehead atoms. The van der Waals surface area contributed by atoms with Crippen LogP contribution >= 0.6 is 35.3 Å². The number of halogens is 1.